The fraction of sp³-hybridized carbons (Fsp3) is 0.350. The van der Waals surface area contributed by atoms with Crippen LogP contribution in [0.5, 0.6) is 23.0 Å². The molecular formula is C20H17NO6. The van der Waals surface area contributed by atoms with Gasteiger partial charge < -0.3 is 23.7 Å². The average Bonchev–Trinajstić information content (AvgIpc) is 3.38. The smallest absolute Gasteiger partial charge is 0.343 e. The third-order valence-corrected chi connectivity index (χ3v) is 5.76. The van der Waals surface area contributed by atoms with E-state index in [2.05, 4.69) is 18.0 Å². The molecule has 7 heteroatoms. The second-order valence-corrected chi connectivity index (χ2v) is 7.17. The molecular weight excluding hydrogens is 351 g/mol. The van der Waals surface area contributed by atoms with E-state index >= 15 is 0 Å². The zero-order valence-corrected chi connectivity index (χ0v) is 14.7. The second kappa shape index (κ2) is 5.29. The first kappa shape index (κ1) is 15.2. The van der Waals surface area contributed by atoms with Crippen LogP contribution in [0.3, 0.4) is 0 Å². The minimum Gasteiger partial charge on any atom is -0.454 e. The van der Waals surface area contributed by atoms with E-state index in [0.29, 0.717) is 17.1 Å². The standard InChI is InChI=1S/C20H17NO6/c1-21-5-4-10-6-14-15(25-8-24-14)7-12(10)17(21)18-11-2-3-13-19(26-9-23-13)16(11)20(22)27-18/h2-3,6-7,17-18H,4-5,8-9H2,1H3/t17-,18+/m0/s1/i21+1. The Morgan fingerprint density at radius 1 is 0.963 bits per heavy atom. The van der Waals surface area contributed by atoms with Crippen molar-refractivity contribution < 1.29 is 28.5 Å². The van der Waals surface area contributed by atoms with Gasteiger partial charge >= 0.3 is 5.97 Å². The molecule has 0 saturated heterocycles. The Bertz CT molecular complexity index is 987. The van der Waals surface area contributed by atoms with Crippen LogP contribution in [0.15, 0.2) is 24.3 Å². The summed E-state index contributed by atoms with van der Waals surface area (Å²) in [4.78, 5) is 14.9. The summed E-state index contributed by atoms with van der Waals surface area (Å²) in [5, 5.41) is 0. The van der Waals surface area contributed by atoms with Crippen molar-refractivity contribution in [2.45, 2.75) is 18.6 Å². The van der Waals surface area contributed by atoms with Crippen molar-refractivity contribution >= 4 is 5.97 Å². The van der Waals surface area contributed by atoms with Gasteiger partial charge in [0.25, 0.3) is 0 Å². The van der Waals surface area contributed by atoms with E-state index in [4.69, 9.17) is 23.7 Å². The van der Waals surface area contributed by atoms with E-state index in [1.165, 1.54) is 5.56 Å². The summed E-state index contributed by atoms with van der Waals surface area (Å²) in [5.74, 6) is 2.24. The molecule has 7 nitrogen and oxygen atoms in total. The number of nitrogens with zero attached hydrogens (tertiary/aromatic N) is 1. The number of benzene rings is 2. The quantitative estimate of drug-likeness (QED) is 0.566. The molecule has 4 aliphatic rings. The van der Waals surface area contributed by atoms with Gasteiger partial charge in [0, 0.05) is 12.1 Å². The number of carbonyl (C=O) groups is 1. The predicted molar refractivity (Wildman–Crippen MR) is 92.4 cm³/mol. The lowest BCUT2D eigenvalue weighted by molar-refractivity contribution is 0.00932. The highest BCUT2D eigenvalue weighted by atomic mass is 16.7. The molecule has 0 fully saturated rings. The van der Waals surface area contributed by atoms with Crippen LogP contribution in [0.1, 0.15) is 39.2 Å². The van der Waals surface area contributed by atoms with Gasteiger partial charge in [0.1, 0.15) is 11.7 Å². The SMILES string of the molecule is C[15N]1CCc2cc3c(cc2[C@H]1[C@@H]1OC(=O)c2c1ccc1c2OCO1)OCO3. The maximum absolute atomic E-state index is 12.7. The van der Waals surface area contributed by atoms with Gasteiger partial charge in [-0.3, -0.25) is 4.90 Å². The summed E-state index contributed by atoms with van der Waals surface area (Å²) in [7, 11) is 2.05. The highest BCUT2D eigenvalue weighted by Crippen LogP contribution is 2.51. The molecule has 0 spiro atoms. The van der Waals surface area contributed by atoms with Crippen LogP contribution < -0.4 is 18.9 Å². The highest BCUT2D eigenvalue weighted by Gasteiger charge is 2.45. The minimum absolute atomic E-state index is 0.103. The first-order chi connectivity index (χ1) is 13.2. The molecule has 2 aromatic carbocycles. The largest absolute Gasteiger partial charge is 0.454 e. The van der Waals surface area contributed by atoms with Gasteiger partial charge in [0.05, 0.1) is 6.04 Å². The van der Waals surface area contributed by atoms with Gasteiger partial charge in [0.2, 0.25) is 13.6 Å². The lowest BCUT2D eigenvalue weighted by Gasteiger charge is -2.37. The van der Waals surface area contributed by atoms with Crippen molar-refractivity contribution in [3.63, 3.8) is 0 Å². The van der Waals surface area contributed by atoms with Crippen LogP contribution >= 0.6 is 0 Å². The number of fused-ring (bicyclic) bond motifs is 5. The number of esters is 1. The van der Waals surface area contributed by atoms with E-state index in [1.54, 1.807) is 0 Å². The monoisotopic (exact) mass is 368 g/mol. The van der Waals surface area contributed by atoms with E-state index < -0.39 is 6.10 Å². The molecule has 0 aliphatic carbocycles. The van der Waals surface area contributed by atoms with Crippen molar-refractivity contribution in [3.05, 3.63) is 46.5 Å². The Balaban J connectivity index is 1.49. The average molecular weight is 368 g/mol. The molecule has 138 valence electrons. The molecule has 2 aromatic rings. The third kappa shape index (κ3) is 2.03. The van der Waals surface area contributed by atoms with Crippen LogP contribution in [0.25, 0.3) is 0 Å². The molecule has 0 N–H and O–H groups in total. The van der Waals surface area contributed by atoms with Crippen molar-refractivity contribution in [1.29, 1.82) is 0 Å². The first-order valence-corrected chi connectivity index (χ1v) is 8.97. The summed E-state index contributed by atoms with van der Waals surface area (Å²) >= 11 is 0. The molecule has 4 heterocycles. The van der Waals surface area contributed by atoms with E-state index in [0.717, 1.165) is 35.6 Å². The molecule has 0 bridgehead atoms. The van der Waals surface area contributed by atoms with E-state index in [9.17, 15) is 4.79 Å². The van der Waals surface area contributed by atoms with Crippen LogP contribution in [-0.2, 0) is 11.2 Å². The molecule has 27 heavy (non-hydrogen) atoms. The Labute approximate surface area is 155 Å². The minimum atomic E-state index is -0.411. The fourth-order valence-corrected chi connectivity index (χ4v) is 4.47. The molecule has 0 aromatic heterocycles. The third-order valence-electron chi connectivity index (χ3n) is 5.76. The highest BCUT2D eigenvalue weighted by molar-refractivity contribution is 5.98. The summed E-state index contributed by atoms with van der Waals surface area (Å²) in [5.41, 5.74) is 3.63. The van der Waals surface area contributed by atoms with Gasteiger partial charge in [-0.25, -0.2) is 4.79 Å². The van der Waals surface area contributed by atoms with Crippen LogP contribution in [0, 0.1) is 0 Å². The molecule has 0 radical (unpaired) electrons. The van der Waals surface area contributed by atoms with Crippen molar-refractivity contribution in [1.82, 2.24) is 4.90 Å². The van der Waals surface area contributed by atoms with Crippen molar-refractivity contribution in [2.24, 2.45) is 0 Å². The van der Waals surface area contributed by atoms with Crippen LogP contribution in [0.4, 0.5) is 0 Å². The maximum atomic E-state index is 12.7. The van der Waals surface area contributed by atoms with Gasteiger partial charge in [-0.2, -0.15) is 0 Å². The fourth-order valence-electron chi connectivity index (χ4n) is 4.47. The molecule has 0 unspecified atom stereocenters. The molecule has 0 saturated carbocycles. The van der Waals surface area contributed by atoms with Gasteiger partial charge in [-0.05, 0) is 42.8 Å². The summed E-state index contributed by atoms with van der Waals surface area (Å²) < 4.78 is 27.9. The Kier molecular flexibility index (Phi) is 2.97. The topological polar surface area (TPSA) is 66.5 Å². The number of hydrogen-bond acceptors (Lipinski definition) is 7. The maximum Gasteiger partial charge on any atom is 0.343 e. The molecule has 6 rings (SSSR count). The Hall–Kier alpha value is -2.93. The Morgan fingerprint density at radius 2 is 1.74 bits per heavy atom. The van der Waals surface area contributed by atoms with Crippen LogP contribution in [-0.4, -0.2) is 38.0 Å². The lowest BCUT2D eigenvalue weighted by atomic mass is 9.88. The van der Waals surface area contributed by atoms with Crippen molar-refractivity contribution in [3.8, 4) is 23.0 Å². The second-order valence-electron chi connectivity index (χ2n) is 7.17. The van der Waals surface area contributed by atoms with Gasteiger partial charge in [-0.1, -0.05) is 6.07 Å². The van der Waals surface area contributed by atoms with Gasteiger partial charge in [-0.15, -0.1) is 0 Å². The van der Waals surface area contributed by atoms with Crippen LogP contribution in [0.2, 0.25) is 0 Å². The zero-order chi connectivity index (χ0) is 18.1. The van der Waals surface area contributed by atoms with E-state index in [1.807, 2.05) is 18.2 Å². The normalized spacial score (nSPS) is 24.6. The number of ether oxygens (including phenoxy) is 5. The molecule has 4 aliphatic heterocycles. The van der Waals surface area contributed by atoms with E-state index in [-0.39, 0.29) is 25.6 Å². The zero-order valence-electron chi connectivity index (χ0n) is 14.7. The molecule has 0 amide bonds. The number of rotatable bonds is 1. The van der Waals surface area contributed by atoms with Gasteiger partial charge in [0.15, 0.2) is 23.0 Å². The number of likely N-dealkylation sites (N-methyl/N-ethyl adjacent to an activating group) is 1. The number of carbonyl (C=O) groups excluding carboxylic acids is 1. The summed E-state index contributed by atoms with van der Waals surface area (Å²) in [6.45, 7) is 1.23. The summed E-state index contributed by atoms with van der Waals surface area (Å²) in [6.07, 6.45) is 0.500. The predicted octanol–water partition coefficient (Wildman–Crippen LogP) is 2.58. The lowest BCUT2D eigenvalue weighted by Crippen LogP contribution is -2.36. The molecule has 2 atom stereocenters. The number of hydrogen-bond donors (Lipinski definition) is 0. The first-order valence-electron chi connectivity index (χ1n) is 8.97. The summed E-state index contributed by atoms with van der Waals surface area (Å²) in [6, 6.07) is 7.73. The Morgan fingerprint density at radius 3 is 2.63 bits per heavy atom. The van der Waals surface area contributed by atoms with Crippen molar-refractivity contribution in [2.75, 3.05) is 27.2 Å². The number of cyclic esters (lactones) is 1.